The molecule has 2 aromatic heterocycles. The summed E-state index contributed by atoms with van der Waals surface area (Å²) in [6.45, 7) is 3.77. The molecule has 0 saturated heterocycles. The van der Waals surface area contributed by atoms with Gasteiger partial charge in [-0.2, -0.15) is 5.26 Å². The normalized spacial score (nSPS) is 10.8. The van der Waals surface area contributed by atoms with Crippen LogP contribution in [0, 0.1) is 25.2 Å². The zero-order valence-electron chi connectivity index (χ0n) is 16.5. The Morgan fingerprint density at radius 2 is 1.90 bits per heavy atom. The molecule has 0 amide bonds. The van der Waals surface area contributed by atoms with Gasteiger partial charge in [-0.05, 0) is 56.3 Å². The fraction of sp³-hybridized carbons (Fsp3) is 0.130. The molecule has 0 fully saturated rings. The van der Waals surface area contributed by atoms with E-state index in [4.69, 9.17) is 5.26 Å². The van der Waals surface area contributed by atoms with Gasteiger partial charge >= 0.3 is 0 Å². The smallest absolute Gasteiger partial charge is 0.266 e. The second-order valence-corrected chi connectivity index (χ2v) is 7.86. The Balaban J connectivity index is 1.77. The Hall–Kier alpha value is -3.63. The molecule has 2 heterocycles. The van der Waals surface area contributed by atoms with E-state index in [0.717, 1.165) is 11.4 Å². The minimum Gasteiger partial charge on any atom is -0.362 e. The lowest BCUT2D eigenvalue weighted by molar-refractivity contribution is 0.102. The minimum absolute atomic E-state index is 0.0318. The first-order valence-corrected chi connectivity index (χ1v) is 10.3. The molecule has 7 heteroatoms. The average molecular weight is 414 g/mol. The van der Waals surface area contributed by atoms with Crippen LogP contribution in [0.25, 0.3) is 16.6 Å². The summed E-state index contributed by atoms with van der Waals surface area (Å²) in [5, 5.41) is 9.98. The summed E-state index contributed by atoms with van der Waals surface area (Å²) >= 11 is 1.23. The molecular formula is C23H18N4O2S. The predicted octanol–water partition coefficient (Wildman–Crippen LogP) is 4.18. The number of nitrogens with one attached hydrogen (secondary N) is 1. The third kappa shape index (κ3) is 3.65. The maximum absolute atomic E-state index is 13.2. The van der Waals surface area contributed by atoms with E-state index in [1.54, 1.807) is 42.5 Å². The number of aromatic amines is 1. The van der Waals surface area contributed by atoms with Gasteiger partial charge in [-0.15, -0.1) is 0 Å². The molecule has 0 aliphatic rings. The highest BCUT2D eigenvalue weighted by Gasteiger charge is 2.17. The first-order chi connectivity index (χ1) is 14.5. The third-order valence-corrected chi connectivity index (χ3v) is 5.72. The zero-order chi connectivity index (χ0) is 21.3. The number of thioether (sulfide) groups is 1. The van der Waals surface area contributed by atoms with E-state index >= 15 is 0 Å². The Bertz CT molecular complexity index is 1360. The van der Waals surface area contributed by atoms with Crippen LogP contribution in [0.3, 0.4) is 0 Å². The molecule has 2 aromatic carbocycles. The zero-order valence-corrected chi connectivity index (χ0v) is 17.3. The van der Waals surface area contributed by atoms with Gasteiger partial charge in [0.15, 0.2) is 10.9 Å². The Labute approximate surface area is 177 Å². The van der Waals surface area contributed by atoms with Gasteiger partial charge in [-0.3, -0.25) is 14.2 Å². The van der Waals surface area contributed by atoms with Crippen LogP contribution in [-0.4, -0.2) is 26.1 Å². The van der Waals surface area contributed by atoms with E-state index < -0.39 is 0 Å². The van der Waals surface area contributed by atoms with Gasteiger partial charge in [0.25, 0.3) is 5.56 Å². The predicted molar refractivity (Wildman–Crippen MR) is 117 cm³/mol. The van der Waals surface area contributed by atoms with Crippen LogP contribution in [0.5, 0.6) is 0 Å². The molecule has 1 N–H and O–H groups in total. The first kappa shape index (κ1) is 19.7. The summed E-state index contributed by atoms with van der Waals surface area (Å²) in [4.78, 5) is 33.8. The van der Waals surface area contributed by atoms with E-state index in [2.05, 4.69) is 16.0 Å². The van der Waals surface area contributed by atoms with Gasteiger partial charge in [-0.1, -0.05) is 23.9 Å². The van der Waals surface area contributed by atoms with Gasteiger partial charge in [0.2, 0.25) is 0 Å². The van der Waals surface area contributed by atoms with Crippen LogP contribution in [0.2, 0.25) is 0 Å². The Morgan fingerprint density at radius 3 is 2.57 bits per heavy atom. The molecule has 4 aromatic rings. The van der Waals surface area contributed by atoms with Crippen molar-refractivity contribution in [3.05, 3.63) is 87.5 Å². The fourth-order valence-corrected chi connectivity index (χ4v) is 4.24. The largest absolute Gasteiger partial charge is 0.362 e. The number of nitrogens with zero attached hydrogens (tertiary/aromatic N) is 3. The van der Waals surface area contributed by atoms with Crippen molar-refractivity contribution >= 4 is 28.4 Å². The van der Waals surface area contributed by atoms with Gasteiger partial charge in [0, 0.05) is 17.0 Å². The van der Waals surface area contributed by atoms with Crippen molar-refractivity contribution in [2.75, 3.05) is 5.75 Å². The number of rotatable bonds is 5. The number of H-pyrrole nitrogens is 1. The first-order valence-electron chi connectivity index (χ1n) is 9.32. The summed E-state index contributed by atoms with van der Waals surface area (Å²) in [5.41, 5.74) is 3.87. The van der Waals surface area contributed by atoms with Crippen LogP contribution < -0.4 is 5.56 Å². The summed E-state index contributed by atoms with van der Waals surface area (Å²) in [6, 6.07) is 17.8. The molecule has 0 atom stereocenters. The number of benzene rings is 2. The standard InChI is InChI=1S/C23H18N4O2S/c1-14-11-19(15(2)25-14)21(28)13-30-23-26-20-6-4-3-5-18(20)22(29)27(23)17-9-7-16(12-24)8-10-17/h3-11,25H,13H2,1-2H3. The highest BCUT2D eigenvalue weighted by molar-refractivity contribution is 7.99. The number of aryl methyl sites for hydroxylation is 2. The van der Waals surface area contributed by atoms with Crippen molar-refractivity contribution < 1.29 is 4.79 Å². The third-order valence-electron chi connectivity index (χ3n) is 4.78. The molecule has 0 saturated carbocycles. The number of aromatic nitrogens is 3. The molecule has 4 rings (SSSR count). The number of Topliss-reactive ketones (excluding diaryl/α,β-unsaturated/α-hetero) is 1. The van der Waals surface area contributed by atoms with Gasteiger partial charge in [0.05, 0.1) is 34.0 Å². The molecule has 0 aliphatic heterocycles. The van der Waals surface area contributed by atoms with Crippen molar-refractivity contribution in [1.82, 2.24) is 14.5 Å². The minimum atomic E-state index is -0.214. The average Bonchev–Trinajstić information content (AvgIpc) is 3.10. The van der Waals surface area contributed by atoms with Crippen molar-refractivity contribution in [2.24, 2.45) is 0 Å². The maximum Gasteiger partial charge on any atom is 0.266 e. The molecular weight excluding hydrogens is 396 g/mol. The molecule has 148 valence electrons. The van der Waals surface area contributed by atoms with Gasteiger partial charge in [0.1, 0.15) is 0 Å². The molecule has 0 aliphatic carbocycles. The van der Waals surface area contributed by atoms with Gasteiger partial charge < -0.3 is 4.98 Å². The molecule has 0 spiro atoms. The van der Waals surface area contributed by atoms with Gasteiger partial charge in [-0.25, -0.2) is 4.98 Å². The summed E-state index contributed by atoms with van der Waals surface area (Å²) < 4.78 is 1.50. The number of hydrogen-bond acceptors (Lipinski definition) is 5. The second-order valence-electron chi connectivity index (χ2n) is 6.91. The maximum atomic E-state index is 13.2. The quantitative estimate of drug-likeness (QED) is 0.301. The number of carbonyl (C=O) groups is 1. The van der Waals surface area contributed by atoms with E-state index in [1.807, 2.05) is 26.0 Å². The molecule has 30 heavy (non-hydrogen) atoms. The number of para-hydroxylation sites is 1. The second kappa shape index (κ2) is 8.01. The van der Waals surface area contributed by atoms with Crippen LogP contribution >= 0.6 is 11.8 Å². The van der Waals surface area contributed by atoms with Crippen LogP contribution in [0.4, 0.5) is 0 Å². The molecule has 0 radical (unpaired) electrons. The number of ketones is 1. The summed E-state index contributed by atoms with van der Waals surface area (Å²) in [5.74, 6) is 0.120. The van der Waals surface area contributed by atoms with Crippen molar-refractivity contribution in [3.63, 3.8) is 0 Å². The van der Waals surface area contributed by atoms with E-state index in [1.165, 1.54) is 16.3 Å². The summed E-state index contributed by atoms with van der Waals surface area (Å²) in [6.07, 6.45) is 0. The van der Waals surface area contributed by atoms with Crippen LogP contribution in [0.15, 0.2) is 64.5 Å². The Morgan fingerprint density at radius 1 is 1.17 bits per heavy atom. The van der Waals surface area contributed by atoms with Crippen molar-refractivity contribution in [2.45, 2.75) is 19.0 Å². The van der Waals surface area contributed by atoms with E-state index in [0.29, 0.717) is 32.9 Å². The monoisotopic (exact) mass is 414 g/mol. The molecule has 0 unspecified atom stereocenters. The van der Waals surface area contributed by atoms with Crippen LogP contribution in [0.1, 0.15) is 27.3 Å². The summed E-state index contributed by atoms with van der Waals surface area (Å²) in [7, 11) is 0. The Kier molecular flexibility index (Phi) is 5.25. The van der Waals surface area contributed by atoms with Crippen LogP contribution in [-0.2, 0) is 0 Å². The molecule has 0 bridgehead atoms. The topological polar surface area (TPSA) is 91.5 Å². The fourth-order valence-electron chi connectivity index (χ4n) is 3.34. The number of carbonyl (C=O) groups excluding carboxylic acids is 1. The lowest BCUT2D eigenvalue weighted by Crippen LogP contribution is -2.22. The highest BCUT2D eigenvalue weighted by Crippen LogP contribution is 2.23. The number of nitriles is 1. The number of hydrogen-bond donors (Lipinski definition) is 1. The van der Waals surface area contributed by atoms with Crippen molar-refractivity contribution in [3.8, 4) is 11.8 Å². The molecule has 6 nitrogen and oxygen atoms in total. The van der Waals surface area contributed by atoms with E-state index in [9.17, 15) is 9.59 Å². The highest BCUT2D eigenvalue weighted by atomic mass is 32.2. The SMILES string of the molecule is Cc1cc(C(=O)CSc2nc3ccccc3c(=O)n2-c2ccc(C#N)cc2)c(C)[nH]1. The van der Waals surface area contributed by atoms with E-state index in [-0.39, 0.29) is 17.1 Å². The van der Waals surface area contributed by atoms with Crippen molar-refractivity contribution in [1.29, 1.82) is 5.26 Å². The lowest BCUT2D eigenvalue weighted by Gasteiger charge is -2.13. The number of fused-ring (bicyclic) bond motifs is 1. The lowest BCUT2D eigenvalue weighted by atomic mass is 10.2.